The first kappa shape index (κ1) is 20.3. The summed E-state index contributed by atoms with van der Waals surface area (Å²) in [5.41, 5.74) is 1.88. The van der Waals surface area contributed by atoms with E-state index in [4.69, 9.17) is 14.2 Å². The lowest BCUT2D eigenvalue weighted by Crippen LogP contribution is -2.09. The summed E-state index contributed by atoms with van der Waals surface area (Å²) in [5.74, 6) is 1.90. The van der Waals surface area contributed by atoms with Gasteiger partial charge in [0.05, 0.1) is 7.11 Å². The second-order valence-electron chi connectivity index (χ2n) is 6.05. The first-order valence-electron chi connectivity index (χ1n) is 8.94. The van der Waals surface area contributed by atoms with Crippen LogP contribution in [-0.2, 0) is 13.2 Å². The Hall–Kier alpha value is -3.42. The Morgan fingerprint density at radius 1 is 1.00 bits per heavy atom. The Morgan fingerprint density at radius 2 is 1.90 bits per heavy atom. The smallest absolute Gasteiger partial charge is 0.272 e. The molecule has 1 N–H and O–H groups in total. The summed E-state index contributed by atoms with van der Waals surface area (Å²) in [6, 6.07) is 14.3. The number of anilines is 1. The van der Waals surface area contributed by atoms with Crippen LogP contribution >= 0.6 is 0 Å². The van der Waals surface area contributed by atoms with Gasteiger partial charge in [-0.25, -0.2) is 8.78 Å². The summed E-state index contributed by atoms with van der Waals surface area (Å²) >= 11 is 0. The van der Waals surface area contributed by atoms with Crippen LogP contribution < -0.4 is 19.5 Å². The van der Waals surface area contributed by atoms with Crippen molar-refractivity contribution < 1.29 is 23.0 Å². The zero-order valence-electron chi connectivity index (χ0n) is 15.8. The molecule has 8 heteroatoms. The van der Waals surface area contributed by atoms with E-state index in [1.807, 2.05) is 30.3 Å². The molecule has 0 aliphatic carbocycles. The number of hydrogen-bond donors (Lipinski definition) is 1. The first-order valence-corrected chi connectivity index (χ1v) is 8.94. The molecule has 0 saturated carbocycles. The molecular formula is C21H21F2N3O3. The van der Waals surface area contributed by atoms with E-state index in [9.17, 15) is 8.78 Å². The predicted molar refractivity (Wildman–Crippen MR) is 105 cm³/mol. The molecule has 0 aliphatic heterocycles. The van der Waals surface area contributed by atoms with Gasteiger partial charge >= 0.3 is 0 Å². The fourth-order valence-electron chi connectivity index (χ4n) is 2.52. The normalized spacial score (nSPS) is 10.6. The van der Waals surface area contributed by atoms with Gasteiger partial charge in [0.2, 0.25) is 5.88 Å². The van der Waals surface area contributed by atoms with Crippen molar-refractivity contribution in [2.45, 2.75) is 19.6 Å². The number of nitrogens with one attached hydrogen (secondary N) is 1. The van der Waals surface area contributed by atoms with E-state index < -0.39 is 13.0 Å². The van der Waals surface area contributed by atoms with Crippen molar-refractivity contribution in [1.82, 2.24) is 9.97 Å². The Balaban J connectivity index is 1.63. The van der Waals surface area contributed by atoms with Crippen molar-refractivity contribution >= 4 is 5.82 Å². The molecule has 0 amide bonds. The maximum absolute atomic E-state index is 12.3. The molecule has 2 aromatic heterocycles. The maximum atomic E-state index is 12.3. The number of halogens is 2. The first-order chi connectivity index (χ1) is 14.1. The largest absolute Gasteiger partial charge is 0.493 e. The predicted octanol–water partition coefficient (Wildman–Crippen LogP) is 4.32. The molecule has 0 atom stereocenters. The number of alkyl halides is 2. The molecule has 152 valence electrons. The molecule has 0 fully saturated rings. The van der Waals surface area contributed by atoms with Crippen LogP contribution in [0.15, 0.2) is 60.9 Å². The summed E-state index contributed by atoms with van der Waals surface area (Å²) in [7, 11) is 1.58. The van der Waals surface area contributed by atoms with Crippen molar-refractivity contribution in [2.24, 2.45) is 0 Å². The van der Waals surface area contributed by atoms with E-state index in [-0.39, 0.29) is 5.88 Å². The zero-order valence-corrected chi connectivity index (χ0v) is 15.8. The van der Waals surface area contributed by atoms with Crippen molar-refractivity contribution in [1.29, 1.82) is 0 Å². The topological polar surface area (TPSA) is 65.5 Å². The van der Waals surface area contributed by atoms with Crippen molar-refractivity contribution in [3.05, 3.63) is 72.1 Å². The molecule has 2 heterocycles. The minimum atomic E-state index is -2.54. The van der Waals surface area contributed by atoms with Crippen LogP contribution in [0.1, 0.15) is 11.1 Å². The van der Waals surface area contributed by atoms with Crippen LogP contribution in [0.2, 0.25) is 0 Å². The van der Waals surface area contributed by atoms with Gasteiger partial charge in [0, 0.05) is 30.6 Å². The molecule has 0 radical (unpaired) electrons. The average Bonchev–Trinajstić information content (AvgIpc) is 2.76. The third kappa shape index (κ3) is 6.31. The van der Waals surface area contributed by atoms with E-state index in [2.05, 4.69) is 15.3 Å². The highest BCUT2D eigenvalue weighted by molar-refractivity contribution is 5.45. The molecule has 6 nitrogen and oxygen atoms in total. The SMILES string of the molecule is COc1ccc(CNc2cccc(OCC(F)F)n2)cc1OCc1cccnc1. The zero-order chi connectivity index (χ0) is 20.5. The number of benzene rings is 1. The molecule has 0 unspecified atom stereocenters. The fraction of sp³-hybridized carbons (Fsp3) is 0.238. The van der Waals surface area contributed by atoms with Gasteiger partial charge in [-0.05, 0) is 29.8 Å². The van der Waals surface area contributed by atoms with Gasteiger partial charge in [-0.1, -0.05) is 18.2 Å². The van der Waals surface area contributed by atoms with Gasteiger partial charge in [-0.2, -0.15) is 4.98 Å². The minimum Gasteiger partial charge on any atom is -0.493 e. The summed E-state index contributed by atoms with van der Waals surface area (Å²) in [6.07, 6.45) is 0.905. The van der Waals surface area contributed by atoms with Crippen LogP contribution in [0.3, 0.4) is 0 Å². The number of rotatable bonds is 10. The van der Waals surface area contributed by atoms with Gasteiger partial charge in [0.1, 0.15) is 12.4 Å². The van der Waals surface area contributed by atoms with Gasteiger partial charge in [-0.3, -0.25) is 4.98 Å². The second kappa shape index (κ2) is 10.2. The van der Waals surface area contributed by atoms with Crippen LogP contribution in [0.4, 0.5) is 14.6 Å². The van der Waals surface area contributed by atoms with Crippen LogP contribution in [0.5, 0.6) is 17.4 Å². The number of ether oxygens (including phenoxy) is 3. The third-order valence-corrected chi connectivity index (χ3v) is 3.90. The molecule has 3 rings (SSSR count). The second-order valence-corrected chi connectivity index (χ2v) is 6.05. The van der Waals surface area contributed by atoms with E-state index in [1.54, 1.807) is 31.6 Å². The van der Waals surface area contributed by atoms with Crippen LogP contribution in [0, 0.1) is 0 Å². The molecule has 0 spiro atoms. The average molecular weight is 401 g/mol. The highest BCUT2D eigenvalue weighted by atomic mass is 19.3. The summed E-state index contributed by atoms with van der Waals surface area (Å²) in [6.45, 7) is 0.136. The molecule has 0 saturated heterocycles. The Bertz CT molecular complexity index is 911. The highest BCUT2D eigenvalue weighted by Crippen LogP contribution is 2.29. The van der Waals surface area contributed by atoms with E-state index in [0.29, 0.717) is 30.5 Å². The van der Waals surface area contributed by atoms with E-state index in [0.717, 1.165) is 11.1 Å². The van der Waals surface area contributed by atoms with Gasteiger partial charge in [0.25, 0.3) is 6.43 Å². The summed E-state index contributed by atoms with van der Waals surface area (Å²) < 4.78 is 40.7. The van der Waals surface area contributed by atoms with Crippen molar-refractivity contribution in [3.63, 3.8) is 0 Å². The quantitative estimate of drug-likeness (QED) is 0.546. The molecular weight excluding hydrogens is 380 g/mol. The standard InChI is InChI=1S/C21H21F2N3O3/c1-27-17-8-7-15(10-18(17)28-13-16-4-3-9-24-11-16)12-25-20-5-2-6-21(26-20)29-14-19(22)23/h2-11,19H,12-14H2,1H3,(H,25,26). The monoisotopic (exact) mass is 401 g/mol. The highest BCUT2D eigenvalue weighted by Gasteiger charge is 2.08. The van der Waals surface area contributed by atoms with E-state index >= 15 is 0 Å². The molecule has 0 aliphatic rings. The maximum Gasteiger partial charge on any atom is 0.272 e. The van der Waals surface area contributed by atoms with Gasteiger partial charge in [0.15, 0.2) is 18.1 Å². The fourth-order valence-corrected chi connectivity index (χ4v) is 2.52. The molecule has 3 aromatic rings. The van der Waals surface area contributed by atoms with Gasteiger partial charge in [-0.15, -0.1) is 0 Å². The molecule has 1 aromatic carbocycles. The molecule has 29 heavy (non-hydrogen) atoms. The van der Waals surface area contributed by atoms with Crippen molar-refractivity contribution in [3.8, 4) is 17.4 Å². The summed E-state index contributed by atoms with van der Waals surface area (Å²) in [4.78, 5) is 8.23. The Kier molecular flexibility index (Phi) is 7.16. The number of pyridine rings is 2. The Morgan fingerprint density at radius 3 is 2.66 bits per heavy atom. The number of aromatic nitrogens is 2. The lowest BCUT2D eigenvalue weighted by Gasteiger charge is -2.13. The third-order valence-electron chi connectivity index (χ3n) is 3.90. The number of methoxy groups -OCH3 is 1. The van der Waals surface area contributed by atoms with Crippen molar-refractivity contribution in [2.75, 3.05) is 19.0 Å². The lowest BCUT2D eigenvalue weighted by molar-refractivity contribution is 0.0796. The van der Waals surface area contributed by atoms with Crippen LogP contribution in [0.25, 0.3) is 0 Å². The number of nitrogens with zero attached hydrogens (tertiary/aromatic N) is 2. The van der Waals surface area contributed by atoms with E-state index in [1.165, 1.54) is 6.07 Å². The lowest BCUT2D eigenvalue weighted by atomic mass is 10.2. The van der Waals surface area contributed by atoms with Gasteiger partial charge < -0.3 is 19.5 Å². The summed E-state index contributed by atoms with van der Waals surface area (Å²) in [5, 5.41) is 3.14. The van der Waals surface area contributed by atoms with Crippen LogP contribution in [-0.4, -0.2) is 30.1 Å². The minimum absolute atomic E-state index is 0.144. The number of hydrogen-bond acceptors (Lipinski definition) is 6. The molecule has 0 bridgehead atoms. The Labute approximate surface area is 167 Å².